The van der Waals surface area contributed by atoms with Gasteiger partial charge in [0.25, 0.3) is 0 Å². The Morgan fingerprint density at radius 1 is 0.413 bits per heavy atom. The lowest BCUT2D eigenvalue weighted by Gasteiger charge is -2.15. The number of aromatic nitrogens is 4. The van der Waals surface area contributed by atoms with Gasteiger partial charge in [-0.1, -0.05) is 115 Å². The van der Waals surface area contributed by atoms with Crippen molar-refractivity contribution in [3.8, 4) is 28.2 Å². The van der Waals surface area contributed by atoms with Crippen LogP contribution in [0.15, 0.2) is 158 Å². The van der Waals surface area contributed by atoms with Crippen molar-refractivity contribution in [1.82, 2.24) is 18.9 Å². The average molecular weight is 587 g/mol. The number of fused-ring (bicyclic) bond motifs is 12. The molecule has 0 saturated carbocycles. The van der Waals surface area contributed by atoms with E-state index in [1.54, 1.807) is 0 Å². The van der Waals surface area contributed by atoms with E-state index in [-0.39, 0.29) is 0 Å². The van der Waals surface area contributed by atoms with Crippen LogP contribution in [-0.4, -0.2) is 18.9 Å². The molecule has 0 radical (unpaired) electrons. The fourth-order valence-corrected chi connectivity index (χ4v) is 7.27. The van der Waals surface area contributed by atoms with Gasteiger partial charge in [-0.2, -0.15) is 0 Å². The smallest absolute Gasteiger partial charge is 0.146 e. The van der Waals surface area contributed by atoms with E-state index in [0.717, 1.165) is 66.8 Å². The Balaban J connectivity index is 1.42. The van der Waals surface area contributed by atoms with Crippen LogP contribution < -0.4 is 0 Å². The zero-order valence-electron chi connectivity index (χ0n) is 24.8. The second-order valence-electron chi connectivity index (χ2n) is 11.8. The molecule has 0 saturated heterocycles. The van der Waals surface area contributed by atoms with Crippen molar-refractivity contribution >= 4 is 60.2 Å². The Morgan fingerprint density at radius 2 is 1.04 bits per heavy atom. The van der Waals surface area contributed by atoms with E-state index >= 15 is 0 Å². The topological polar surface area (TPSA) is 35.1 Å². The number of nitrogens with zero attached hydrogens (tertiary/aromatic N) is 4. The first kappa shape index (κ1) is 25.1. The largest absolute Gasteiger partial charge is 0.293 e. The molecule has 0 amide bonds. The van der Waals surface area contributed by atoms with E-state index in [4.69, 9.17) is 9.97 Å². The van der Waals surface area contributed by atoms with Crippen molar-refractivity contribution in [1.29, 1.82) is 0 Å². The van der Waals surface area contributed by atoms with Crippen LogP contribution in [0.2, 0.25) is 0 Å². The van der Waals surface area contributed by atoms with Crippen LogP contribution in [-0.2, 0) is 0 Å². The second kappa shape index (κ2) is 9.62. The van der Waals surface area contributed by atoms with Gasteiger partial charge in [0.15, 0.2) is 0 Å². The highest BCUT2D eigenvalue weighted by atomic mass is 15.1. The van der Waals surface area contributed by atoms with E-state index in [2.05, 4.69) is 167 Å². The first-order valence-electron chi connectivity index (χ1n) is 15.6. The third kappa shape index (κ3) is 3.55. The van der Waals surface area contributed by atoms with Gasteiger partial charge in [-0.3, -0.25) is 8.97 Å². The zero-order chi connectivity index (χ0) is 30.2. The Labute approximate surface area is 264 Å². The third-order valence-electron chi connectivity index (χ3n) is 9.27. The molecule has 0 bridgehead atoms. The minimum Gasteiger partial charge on any atom is -0.293 e. The van der Waals surface area contributed by atoms with Gasteiger partial charge in [0.05, 0.1) is 33.3 Å². The Morgan fingerprint density at radius 3 is 1.85 bits per heavy atom. The van der Waals surface area contributed by atoms with Crippen LogP contribution in [0.5, 0.6) is 0 Å². The molecule has 0 N–H and O–H groups in total. The molecule has 4 heterocycles. The highest BCUT2D eigenvalue weighted by Crippen LogP contribution is 2.42. The molecule has 0 atom stereocenters. The van der Waals surface area contributed by atoms with Crippen molar-refractivity contribution < 1.29 is 0 Å². The van der Waals surface area contributed by atoms with Gasteiger partial charge < -0.3 is 0 Å². The summed E-state index contributed by atoms with van der Waals surface area (Å²) in [5, 5.41) is 5.88. The average Bonchev–Trinajstić information content (AvgIpc) is 3.69. The number of benzene rings is 6. The molecule has 10 rings (SSSR count). The molecule has 0 fully saturated rings. The molecule has 0 spiro atoms. The predicted molar refractivity (Wildman–Crippen MR) is 191 cm³/mol. The Kier molecular flexibility index (Phi) is 5.25. The summed E-state index contributed by atoms with van der Waals surface area (Å²) in [5.41, 5.74) is 10.8. The second-order valence-corrected chi connectivity index (χ2v) is 11.8. The van der Waals surface area contributed by atoms with Crippen molar-refractivity contribution in [2.75, 3.05) is 0 Å². The molecular weight excluding hydrogens is 560 g/mol. The molecule has 0 aliphatic carbocycles. The van der Waals surface area contributed by atoms with Crippen LogP contribution >= 0.6 is 0 Å². The van der Waals surface area contributed by atoms with E-state index in [9.17, 15) is 0 Å². The fraction of sp³-hybridized carbons (Fsp3) is 0. The molecule has 46 heavy (non-hydrogen) atoms. The van der Waals surface area contributed by atoms with Crippen LogP contribution in [0.1, 0.15) is 0 Å². The summed E-state index contributed by atoms with van der Waals surface area (Å²) in [6, 6.07) is 55.8. The maximum atomic E-state index is 5.40. The van der Waals surface area contributed by atoms with Crippen LogP contribution in [0, 0.1) is 0 Å². The summed E-state index contributed by atoms with van der Waals surface area (Å²) in [6.07, 6.45) is 0. The molecule has 6 aromatic carbocycles. The number of pyridine rings is 2. The van der Waals surface area contributed by atoms with Crippen LogP contribution in [0.3, 0.4) is 0 Å². The van der Waals surface area contributed by atoms with E-state index in [1.807, 2.05) is 0 Å². The minimum absolute atomic E-state index is 0.886. The maximum absolute atomic E-state index is 5.40. The molecule has 10 aromatic rings. The predicted octanol–water partition coefficient (Wildman–Crippen LogP) is 10.6. The summed E-state index contributed by atoms with van der Waals surface area (Å²) in [7, 11) is 0. The number of hydrogen-bond acceptors (Lipinski definition) is 2. The monoisotopic (exact) mass is 586 g/mol. The molecule has 0 aliphatic rings. The molecule has 214 valence electrons. The quantitative estimate of drug-likeness (QED) is 0.193. The molecule has 4 nitrogen and oxygen atoms in total. The Hall–Kier alpha value is -6.26. The van der Waals surface area contributed by atoms with Crippen molar-refractivity contribution in [2.45, 2.75) is 0 Å². The van der Waals surface area contributed by atoms with E-state index in [0.29, 0.717) is 0 Å². The van der Waals surface area contributed by atoms with E-state index < -0.39 is 0 Å². The SMILES string of the molecule is c1ccc(-c2cc(-c3ccccc3)nc(-n3c4ccccc4c4ccc5c(c6ccccc6n6c7ccccc7nc56)c43)c2)cc1. The minimum atomic E-state index is 0.886. The molecule has 0 unspecified atom stereocenters. The zero-order valence-corrected chi connectivity index (χ0v) is 24.8. The van der Waals surface area contributed by atoms with Gasteiger partial charge in [0, 0.05) is 32.5 Å². The van der Waals surface area contributed by atoms with E-state index in [1.165, 1.54) is 21.5 Å². The lowest BCUT2D eigenvalue weighted by atomic mass is 10.0. The Bertz CT molecular complexity index is 2730. The normalized spacial score (nSPS) is 11.9. The first-order valence-corrected chi connectivity index (χ1v) is 15.6. The summed E-state index contributed by atoms with van der Waals surface area (Å²) in [5.74, 6) is 0.886. The van der Waals surface area contributed by atoms with Crippen molar-refractivity contribution in [3.05, 3.63) is 158 Å². The molecule has 0 aliphatic heterocycles. The highest BCUT2D eigenvalue weighted by molar-refractivity contribution is 6.27. The van der Waals surface area contributed by atoms with Gasteiger partial charge in [-0.25, -0.2) is 9.97 Å². The highest BCUT2D eigenvalue weighted by Gasteiger charge is 2.21. The maximum Gasteiger partial charge on any atom is 0.146 e. The summed E-state index contributed by atoms with van der Waals surface area (Å²) < 4.78 is 4.69. The summed E-state index contributed by atoms with van der Waals surface area (Å²) >= 11 is 0. The van der Waals surface area contributed by atoms with Gasteiger partial charge >= 0.3 is 0 Å². The standard InChI is InChI=1S/C42H26N4/c1-3-13-27(14-4-1)29-25-35(28-15-5-2-6-16-28)43-39(26-29)46-36-20-10-7-17-30(36)31-23-24-33-40(41(31)46)32-18-8-11-21-37(32)45-38-22-12-9-19-34(38)44-42(33)45/h1-26H. The van der Waals surface area contributed by atoms with Crippen LogP contribution in [0.25, 0.3) is 88.4 Å². The lowest BCUT2D eigenvalue weighted by Crippen LogP contribution is -2.01. The number of para-hydroxylation sites is 4. The molecule has 4 aromatic heterocycles. The molecule has 4 heteroatoms. The van der Waals surface area contributed by atoms with Gasteiger partial charge in [0.2, 0.25) is 0 Å². The number of imidazole rings is 1. The van der Waals surface area contributed by atoms with Gasteiger partial charge in [-0.05, 0) is 53.6 Å². The number of hydrogen-bond donors (Lipinski definition) is 0. The fourth-order valence-electron chi connectivity index (χ4n) is 7.27. The number of rotatable bonds is 3. The lowest BCUT2D eigenvalue weighted by molar-refractivity contribution is 1.09. The summed E-state index contributed by atoms with van der Waals surface area (Å²) in [4.78, 5) is 10.6. The first-order chi connectivity index (χ1) is 22.8. The van der Waals surface area contributed by atoms with Crippen molar-refractivity contribution in [3.63, 3.8) is 0 Å². The third-order valence-corrected chi connectivity index (χ3v) is 9.27. The van der Waals surface area contributed by atoms with Gasteiger partial charge in [0.1, 0.15) is 11.5 Å². The van der Waals surface area contributed by atoms with Gasteiger partial charge in [-0.15, -0.1) is 0 Å². The van der Waals surface area contributed by atoms with Crippen LogP contribution in [0.4, 0.5) is 0 Å². The molecular formula is C42H26N4. The van der Waals surface area contributed by atoms with Crippen molar-refractivity contribution in [2.24, 2.45) is 0 Å². The summed E-state index contributed by atoms with van der Waals surface area (Å²) in [6.45, 7) is 0.